The molecule has 3 rings (SSSR count). The van der Waals surface area contributed by atoms with Crippen LogP contribution in [0.4, 0.5) is 0 Å². The van der Waals surface area contributed by atoms with Gasteiger partial charge in [0.2, 0.25) is 15.9 Å². The van der Waals surface area contributed by atoms with E-state index in [-0.39, 0.29) is 11.8 Å². The van der Waals surface area contributed by atoms with Gasteiger partial charge in [-0.15, -0.1) is 0 Å². The van der Waals surface area contributed by atoms with Gasteiger partial charge in [0, 0.05) is 23.5 Å². The molecule has 1 saturated heterocycles. The Morgan fingerprint density at radius 1 is 1.07 bits per heavy atom. The summed E-state index contributed by atoms with van der Waals surface area (Å²) in [5.74, 6) is -0.421. The Balaban J connectivity index is 1.57. The number of sulfonamides is 1. The average Bonchev–Trinajstić information content (AvgIpc) is 2.72. The third-order valence-corrected chi connectivity index (χ3v) is 7.52. The predicted molar refractivity (Wildman–Crippen MR) is 117 cm³/mol. The highest BCUT2D eigenvalue weighted by molar-refractivity contribution is 9.10. The van der Waals surface area contributed by atoms with Crippen LogP contribution < -0.4 is 5.43 Å². The molecule has 0 bridgehead atoms. The minimum atomic E-state index is -3.52. The molecule has 154 valence electrons. The zero-order valence-electron chi connectivity index (χ0n) is 16.4. The first-order valence-corrected chi connectivity index (χ1v) is 11.7. The molecular formula is C21H24BrN3O3S. The summed E-state index contributed by atoms with van der Waals surface area (Å²) in [4.78, 5) is 12.8. The lowest BCUT2D eigenvalue weighted by Gasteiger charge is -2.30. The topological polar surface area (TPSA) is 78.8 Å². The van der Waals surface area contributed by atoms with Crippen LogP contribution in [0.15, 0.2) is 63.0 Å². The Hall–Kier alpha value is -2.03. The molecule has 0 unspecified atom stereocenters. The average molecular weight is 478 g/mol. The Morgan fingerprint density at radius 3 is 2.24 bits per heavy atom. The van der Waals surface area contributed by atoms with Gasteiger partial charge in [0.25, 0.3) is 0 Å². The first-order chi connectivity index (χ1) is 13.8. The van der Waals surface area contributed by atoms with E-state index in [4.69, 9.17) is 0 Å². The van der Waals surface area contributed by atoms with Crippen molar-refractivity contribution in [3.8, 4) is 0 Å². The van der Waals surface area contributed by atoms with Gasteiger partial charge in [-0.2, -0.15) is 9.41 Å². The van der Waals surface area contributed by atoms with Gasteiger partial charge in [-0.25, -0.2) is 13.8 Å². The number of hydrogen-bond donors (Lipinski definition) is 1. The number of aryl methyl sites for hydroxylation is 1. The van der Waals surface area contributed by atoms with Crippen molar-refractivity contribution in [2.24, 2.45) is 11.0 Å². The predicted octanol–water partition coefficient (Wildman–Crippen LogP) is 3.70. The summed E-state index contributed by atoms with van der Waals surface area (Å²) in [5.41, 5.74) is 5.28. The van der Waals surface area contributed by atoms with Crippen LogP contribution >= 0.6 is 15.9 Å². The second-order valence-electron chi connectivity index (χ2n) is 7.17. The number of benzene rings is 2. The van der Waals surface area contributed by atoms with Crippen molar-refractivity contribution >= 4 is 37.6 Å². The molecule has 0 aliphatic carbocycles. The molecule has 1 aliphatic heterocycles. The normalized spacial score (nSPS) is 16.6. The molecule has 29 heavy (non-hydrogen) atoms. The molecule has 1 heterocycles. The number of halogens is 1. The molecule has 1 aliphatic rings. The highest BCUT2D eigenvalue weighted by atomic mass is 79.9. The van der Waals surface area contributed by atoms with Gasteiger partial charge in [0.15, 0.2) is 0 Å². The number of nitrogens with zero attached hydrogens (tertiary/aromatic N) is 2. The molecular weight excluding hydrogens is 454 g/mol. The van der Waals surface area contributed by atoms with E-state index >= 15 is 0 Å². The van der Waals surface area contributed by atoms with Gasteiger partial charge < -0.3 is 0 Å². The Morgan fingerprint density at radius 2 is 1.66 bits per heavy atom. The molecule has 0 atom stereocenters. The maximum atomic E-state index is 12.8. The van der Waals surface area contributed by atoms with Crippen molar-refractivity contribution in [2.45, 2.75) is 31.6 Å². The molecule has 1 amide bonds. The number of amides is 1. The number of piperidine rings is 1. The molecule has 2 aromatic rings. The number of nitrogens with one attached hydrogen (secondary N) is 1. The van der Waals surface area contributed by atoms with Gasteiger partial charge >= 0.3 is 0 Å². The van der Waals surface area contributed by atoms with E-state index < -0.39 is 10.0 Å². The zero-order valence-corrected chi connectivity index (χ0v) is 18.8. The largest absolute Gasteiger partial charge is 0.273 e. The molecule has 0 saturated carbocycles. The maximum Gasteiger partial charge on any atom is 0.243 e. The number of hydrazone groups is 1. The summed E-state index contributed by atoms with van der Waals surface area (Å²) < 4.78 is 28.0. The molecule has 6 nitrogen and oxygen atoms in total. The minimum Gasteiger partial charge on any atom is -0.273 e. The standard InChI is InChI=1S/C21H24BrN3O3S/c1-15-3-9-20(10-4-15)29(27,28)25-13-11-18(12-14-25)21(26)24-23-16(2)17-5-7-19(22)8-6-17/h3-10,18H,11-14H2,1-2H3,(H,24,26). The minimum absolute atomic E-state index is 0.172. The summed E-state index contributed by atoms with van der Waals surface area (Å²) in [6.07, 6.45) is 0.952. The quantitative estimate of drug-likeness (QED) is 0.526. The van der Waals surface area contributed by atoms with E-state index in [1.807, 2.05) is 38.1 Å². The van der Waals surface area contributed by atoms with Crippen molar-refractivity contribution in [3.05, 3.63) is 64.1 Å². The van der Waals surface area contributed by atoms with Crippen molar-refractivity contribution in [1.82, 2.24) is 9.73 Å². The highest BCUT2D eigenvalue weighted by Crippen LogP contribution is 2.24. The summed E-state index contributed by atoms with van der Waals surface area (Å²) in [5, 5.41) is 4.19. The van der Waals surface area contributed by atoms with Crippen LogP contribution in [0.5, 0.6) is 0 Å². The molecule has 2 aromatic carbocycles. The lowest BCUT2D eigenvalue weighted by atomic mass is 9.98. The van der Waals surface area contributed by atoms with Crippen LogP contribution in [0.25, 0.3) is 0 Å². The lowest BCUT2D eigenvalue weighted by molar-refractivity contribution is -0.126. The van der Waals surface area contributed by atoms with E-state index in [0.717, 1.165) is 15.6 Å². The zero-order chi connectivity index (χ0) is 21.0. The van der Waals surface area contributed by atoms with Crippen molar-refractivity contribution < 1.29 is 13.2 Å². The van der Waals surface area contributed by atoms with E-state index in [9.17, 15) is 13.2 Å². The van der Waals surface area contributed by atoms with Crippen molar-refractivity contribution in [3.63, 3.8) is 0 Å². The fourth-order valence-electron chi connectivity index (χ4n) is 3.20. The van der Waals surface area contributed by atoms with E-state index in [2.05, 4.69) is 26.5 Å². The molecule has 0 radical (unpaired) electrons. The monoisotopic (exact) mass is 477 g/mol. The number of carbonyl (C=O) groups excluding carboxylic acids is 1. The third-order valence-electron chi connectivity index (χ3n) is 5.08. The third kappa shape index (κ3) is 5.32. The van der Waals surface area contributed by atoms with Crippen LogP contribution in [0.1, 0.15) is 30.9 Å². The first kappa shape index (κ1) is 21.7. The molecule has 1 N–H and O–H groups in total. The summed E-state index contributed by atoms with van der Waals surface area (Å²) in [7, 11) is -3.52. The van der Waals surface area contributed by atoms with Gasteiger partial charge in [-0.3, -0.25) is 4.79 Å². The summed E-state index contributed by atoms with van der Waals surface area (Å²) >= 11 is 3.39. The summed E-state index contributed by atoms with van der Waals surface area (Å²) in [6, 6.07) is 14.5. The second-order valence-corrected chi connectivity index (χ2v) is 10.0. The first-order valence-electron chi connectivity index (χ1n) is 9.44. The summed E-state index contributed by atoms with van der Waals surface area (Å²) in [6.45, 7) is 4.40. The van der Waals surface area contributed by atoms with Crippen molar-refractivity contribution in [1.29, 1.82) is 0 Å². The van der Waals surface area contributed by atoms with Crippen molar-refractivity contribution in [2.75, 3.05) is 13.1 Å². The van der Waals surface area contributed by atoms with E-state index in [1.165, 1.54) is 4.31 Å². The van der Waals surface area contributed by atoms with Crippen LogP contribution in [-0.4, -0.2) is 37.4 Å². The lowest BCUT2D eigenvalue weighted by Crippen LogP contribution is -2.42. The van der Waals surface area contributed by atoms with Crippen LogP contribution in [0.2, 0.25) is 0 Å². The fourth-order valence-corrected chi connectivity index (χ4v) is 4.94. The second kappa shape index (κ2) is 9.19. The number of rotatable bonds is 5. The number of hydrogen-bond acceptors (Lipinski definition) is 4. The molecule has 0 spiro atoms. The van der Waals surface area contributed by atoms with E-state index in [1.54, 1.807) is 24.3 Å². The Kier molecular flexibility index (Phi) is 6.87. The van der Waals surface area contributed by atoms with Crippen LogP contribution in [0, 0.1) is 12.8 Å². The Bertz CT molecular complexity index is 994. The van der Waals surface area contributed by atoms with Gasteiger partial charge in [-0.05, 0) is 56.5 Å². The maximum absolute atomic E-state index is 12.8. The van der Waals surface area contributed by atoms with Crippen LogP contribution in [0.3, 0.4) is 0 Å². The molecule has 8 heteroatoms. The Labute approximate surface area is 180 Å². The van der Waals surface area contributed by atoms with Gasteiger partial charge in [0.05, 0.1) is 10.6 Å². The molecule has 1 fully saturated rings. The SMILES string of the molecule is CC(=NNC(=O)C1CCN(S(=O)(=O)c2ccc(C)cc2)CC1)c1ccc(Br)cc1. The molecule has 0 aromatic heterocycles. The smallest absolute Gasteiger partial charge is 0.243 e. The van der Waals surface area contributed by atoms with Gasteiger partial charge in [0.1, 0.15) is 0 Å². The van der Waals surface area contributed by atoms with Crippen LogP contribution in [-0.2, 0) is 14.8 Å². The fraction of sp³-hybridized carbons (Fsp3) is 0.333. The van der Waals surface area contributed by atoms with E-state index in [0.29, 0.717) is 36.5 Å². The van der Waals surface area contributed by atoms with Gasteiger partial charge in [-0.1, -0.05) is 45.8 Å². The highest BCUT2D eigenvalue weighted by Gasteiger charge is 2.32. The number of carbonyl (C=O) groups is 1.